The maximum Gasteiger partial charge on any atom is 0.0453 e. The fourth-order valence-corrected chi connectivity index (χ4v) is 0. The third-order valence-corrected chi connectivity index (χ3v) is 1.83. The van der Waals surface area contributed by atoms with Gasteiger partial charge in [-0.05, 0) is 29.6 Å². The van der Waals surface area contributed by atoms with E-state index in [9.17, 15) is 0 Å². The molecule has 0 rings (SSSR count). The number of hydrogen-bond donors (Lipinski definition) is 5. The number of rotatable bonds is 5. The summed E-state index contributed by atoms with van der Waals surface area (Å²) in [7, 11) is 0. The van der Waals surface area contributed by atoms with Crippen LogP contribution in [-0.4, -0.2) is 58.6 Å². The molecule has 0 aliphatic heterocycles. The minimum atomic E-state index is 0. The largest absolute Gasteiger partial charge is 0.396 e. The van der Waals surface area contributed by atoms with E-state index in [1.807, 2.05) is 69.2 Å². The van der Waals surface area contributed by atoms with Crippen molar-refractivity contribution in [1.82, 2.24) is 0 Å². The predicted molar refractivity (Wildman–Crippen MR) is 110 cm³/mol. The minimum Gasteiger partial charge on any atom is -0.396 e. The first kappa shape index (κ1) is 41.0. The SMILES string of the molecule is CC(C)CO.CC(C)CO.CC(C)CO.CC(C)CO.CC(C)CO.[Mo]. The van der Waals surface area contributed by atoms with E-state index >= 15 is 0 Å². The smallest absolute Gasteiger partial charge is 0.0453 e. The van der Waals surface area contributed by atoms with Crippen LogP contribution in [0.4, 0.5) is 0 Å². The molecule has 0 amide bonds. The number of hydrogen-bond acceptors (Lipinski definition) is 5. The first-order chi connectivity index (χ1) is 11.4. The molecule has 0 spiro atoms. The standard InChI is InChI=1S/5C4H10O.Mo/c5*1-4(2)3-5;/h5*4-5H,3H2,1-2H3;. The zero-order valence-electron chi connectivity index (χ0n) is 19.1. The summed E-state index contributed by atoms with van der Waals surface area (Å²) in [6.45, 7) is 21.2. The maximum absolute atomic E-state index is 8.14. The second-order valence-electron chi connectivity index (χ2n) is 7.88. The van der Waals surface area contributed by atoms with E-state index < -0.39 is 0 Å². The summed E-state index contributed by atoms with van der Waals surface area (Å²) >= 11 is 0. The van der Waals surface area contributed by atoms with E-state index in [1.165, 1.54) is 0 Å². The minimum absolute atomic E-state index is 0. The summed E-state index contributed by atoms with van der Waals surface area (Å²) in [4.78, 5) is 0. The molecular formula is C20H50MoO5. The van der Waals surface area contributed by atoms with Gasteiger partial charge in [0.05, 0.1) is 0 Å². The maximum atomic E-state index is 8.14. The number of aliphatic hydroxyl groups excluding tert-OH is 5. The summed E-state index contributed by atoms with van der Waals surface area (Å²) in [5, 5.41) is 40.7. The molecule has 0 saturated heterocycles. The van der Waals surface area contributed by atoms with Gasteiger partial charge in [-0.2, -0.15) is 0 Å². The van der Waals surface area contributed by atoms with Crippen molar-refractivity contribution in [3.63, 3.8) is 0 Å². The molecule has 0 radical (unpaired) electrons. The van der Waals surface area contributed by atoms with Gasteiger partial charge in [-0.15, -0.1) is 0 Å². The Bertz CT molecular complexity index is 141. The Morgan fingerprint density at radius 3 is 0.385 bits per heavy atom. The molecule has 5 N–H and O–H groups in total. The van der Waals surface area contributed by atoms with Crippen molar-refractivity contribution in [1.29, 1.82) is 0 Å². The third-order valence-electron chi connectivity index (χ3n) is 1.83. The van der Waals surface area contributed by atoms with E-state index in [-0.39, 0.29) is 21.1 Å². The van der Waals surface area contributed by atoms with Crippen LogP contribution in [0.5, 0.6) is 0 Å². The fraction of sp³-hybridized carbons (Fsp3) is 1.00. The fourth-order valence-electron chi connectivity index (χ4n) is 0. The van der Waals surface area contributed by atoms with E-state index in [0.717, 1.165) is 0 Å². The second kappa shape index (κ2) is 36.4. The summed E-state index contributed by atoms with van der Waals surface area (Å²) in [6.07, 6.45) is 0. The summed E-state index contributed by atoms with van der Waals surface area (Å²) in [5.74, 6) is 2.20. The molecule has 0 heterocycles. The van der Waals surface area contributed by atoms with Crippen LogP contribution < -0.4 is 0 Å². The van der Waals surface area contributed by atoms with Crippen LogP contribution >= 0.6 is 0 Å². The Hall–Kier alpha value is 0.488. The second-order valence-corrected chi connectivity index (χ2v) is 7.88. The van der Waals surface area contributed by atoms with Gasteiger partial charge in [0.15, 0.2) is 0 Å². The average molecular weight is 467 g/mol. The quantitative estimate of drug-likeness (QED) is 0.401. The summed E-state index contributed by atoms with van der Waals surface area (Å²) in [5.41, 5.74) is 0. The van der Waals surface area contributed by atoms with Gasteiger partial charge in [-0.3, -0.25) is 0 Å². The molecule has 0 aromatic carbocycles. The van der Waals surface area contributed by atoms with E-state index in [4.69, 9.17) is 25.5 Å². The predicted octanol–water partition coefficient (Wildman–Crippen LogP) is 3.17. The van der Waals surface area contributed by atoms with Crippen LogP contribution in [0.2, 0.25) is 0 Å². The van der Waals surface area contributed by atoms with Gasteiger partial charge in [0.1, 0.15) is 0 Å². The van der Waals surface area contributed by atoms with Gasteiger partial charge >= 0.3 is 0 Å². The van der Waals surface area contributed by atoms with Crippen LogP contribution in [0.25, 0.3) is 0 Å². The molecule has 0 saturated carbocycles. The van der Waals surface area contributed by atoms with Crippen molar-refractivity contribution in [2.24, 2.45) is 29.6 Å². The Morgan fingerprint density at radius 1 is 0.346 bits per heavy atom. The van der Waals surface area contributed by atoms with Crippen molar-refractivity contribution in [2.75, 3.05) is 33.0 Å². The van der Waals surface area contributed by atoms with Crippen LogP contribution in [0.15, 0.2) is 0 Å². The third kappa shape index (κ3) is 123. The van der Waals surface area contributed by atoms with E-state index in [1.54, 1.807) is 0 Å². The van der Waals surface area contributed by atoms with E-state index in [0.29, 0.717) is 62.6 Å². The molecule has 26 heavy (non-hydrogen) atoms. The first-order valence-electron chi connectivity index (χ1n) is 9.40. The molecule has 166 valence electrons. The molecule has 0 fully saturated rings. The van der Waals surface area contributed by atoms with Gasteiger partial charge in [0.2, 0.25) is 0 Å². The van der Waals surface area contributed by atoms with Gasteiger partial charge in [0, 0.05) is 54.1 Å². The van der Waals surface area contributed by atoms with Crippen molar-refractivity contribution in [2.45, 2.75) is 69.2 Å². The van der Waals surface area contributed by atoms with Crippen LogP contribution in [0, 0.1) is 29.6 Å². The molecule has 0 bridgehead atoms. The van der Waals surface area contributed by atoms with Crippen LogP contribution in [0.1, 0.15) is 69.2 Å². The zero-order chi connectivity index (χ0) is 21.4. The van der Waals surface area contributed by atoms with Crippen molar-refractivity contribution >= 4 is 0 Å². The molecule has 0 aliphatic rings. The Balaban J connectivity index is -0.0000000476. The summed E-state index contributed by atoms with van der Waals surface area (Å²) in [6, 6.07) is 0. The molecule has 5 nitrogen and oxygen atoms in total. The van der Waals surface area contributed by atoms with Crippen molar-refractivity contribution < 1.29 is 46.6 Å². The first-order valence-corrected chi connectivity index (χ1v) is 9.40. The molecular weight excluding hydrogens is 416 g/mol. The van der Waals surface area contributed by atoms with Gasteiger partial charge < -0.3 is 25.5 Å². The zero-order valence-corrected chi connectivity index (χ0v) is 21.1. The summed E-state index contributed by atoms with van der Waals surface area (Å²) < 4.78 is 0. The molecule has 0 aliphatic carbocycles. The molecule has 6 heteroatoms. The van der Waals surface area contributed by atoms with Crippen LogP contribution in [-0.2, 0) is 21.1 Å². The number of aliphatic hydroxyl groups is 5. The Morgan fingerprint density at radius 2 is 0.385 bits per heavy atom. The molecule has 0 aromatic rings. The topological polar surface area (TPSA) is 101 Å². The Labute approximate surface area is 178 Å². The van der Waals surface area contributed by atoms with E-state index in [2.05, 4.69) is 0 Å². The van der Waals surface area contributed by atoms with Gasteiger partial charge in [-0.25, -0.2) is 0 Å². The van der Waals surface area contributed by atoms with Crippen molar-refractivity contribution in [3.8, 4) is 0 Å². The van der Waals surface area contributed by atoms with Gasteiger partial charge in [-0.1, -0.05) is 69.2 Å². The Kier molecular flexibility index (Phi) is 57.4. The normalized spacial score (nSPS) is 9.23. The van der Waals surface area contributed by atoms with Crippen LogP contribution in [0.3, 0.4) is 0 Å². The monoisotopic (exact) mass is 468 g/mol. The molecule has 0 unspecified atom stereocenters. The molecule has 0 atom stereocenters. The molecule has 0 aromatic heterocycles. The van der Waals surface area contributed by atoms with Gasteiger partial charge in [0.25, 0.3) is 0 Å². The van der Waals surface area contributed by atoms with Crippen molar-refractivity contribution in [3.05, 3.63) is 0 Å². The average Bonchev–Trinajstić information content (AvgIpc) is 2.56.